The predicted molar refractivity (Wildman–Crippen MR) is 103 cm³/mol. The largest absolute Gasteiger partial charge is 0.504 e. The molecule has 10 nitrogen and oxygen atoms in total. The number of phenols is 2. The van der Waals surface area contributed by atoms with Gasteiger partial charge in [-0.1, -0.05) is 0 Å². The van der Waals surface area contributed by atoms with Gasteiger partial charge < -0.3 is 34.3 Å². The van der Waals surface area contributed by atoms with Crippen LogP contribution in [-0.4, -0.2) is 42.6 Å². The van der Waals surface area contributed by atoms with Gasteiger partial charge in [-0.3, -0.25) is 4.79 Å². The number of carbonyl (C=O) groups is 1. The monoisotopic (exact) mass is 419 g/mol. The SMILES string of the molecule is COc1cc(C2=CC(O)(ONC(C)=O)c3cc(O)c(O)cc3O2)cc(OC)c1OC. The van der Waals surface area contributed by atoms with E-state index >= 15 is 0 Å². The van der Waals surface area contributed by atoms with Gasteiger partial charge in [-0.25, -0.2) is 10.3 Å². The van der Waals surface area contributed by atoms with Crippen LogP contribution < -0.4 is 24.4 Å². The number of amides is 1. The fraction of sp³-hybridized carbons (Fsp3) is 0.250. The minimum absolute atomic E-state index is 0.00981. The average molecular weight is 419 g/mol. The molecule has 1 amide bonds. The number of phenolic OH excluding ortho intramolecular Hbond substituents is 2. The van der Waals surface area contributed by atoms with Gasteiger partial charge in [0.05, 0.1) is 26.9 Å². The second kappa shape index (κ2) is 8.01. The maximum Gasteiger partial charge on any atom is 0.244 e. The van der Waals surface area contributed by atoms with Crippen LogP contribution in [0.3, 0.4) is 0 Å². The molecule has 0 saturated heterocycles. The number of hydrogen-bond donors (Lipinski definition) is 4. The number of ether oxygens (including phenoxy) is 4. The molecule has 1 heterocycles. The van der Waals surface area contributed by atoms with Gasteiger partial charge in [-0.2, -0.15) is 0 Å². The van der Waals surface area contributed by atoms with E-state index in [1.54, 1.807) is 12.1 Å². The fourth-order valence-corrected chi connectivity index (χ4v) is 2.93. The summed E-state index contributed by atoms with van der Waals surface area (Å²) in [7, 11) is 4.36. The Balaban J connectivity index is 2.17. The summed E-state index contributed by atoms with van der Waals surface area (Å²) in [4.78, 5) is 16.5. The summed E-state index contributed by atoms with van der Waals surface area (Å²) in [5.41, 5.74) is 2.43. The van der Waals surface area contributed by atoms with Crippen LogP contribution in [0.5, 0.6) is 34.5 Å². The van der Waals surface area contributed by atoms with Crippen molar-refractivity contribution in [2.75, 3.05) is 21.3 Å². The van der Waals surface area contributed by atoms with E-state index in [0.717, 1.165) is 12.1 Å². The number of methoxy groups -OCH3 is 3. The molecule has 0 bridgehead atoms. The number of carbonyl (C=O) groups excluding carboxylic acids is 1. The van der Waals surface area contributed by atoms with Gasteiger partial charge in [-0.05, 0) is 18.2 Å². The average Bonchev–Trinajstić information content (AvgIpc) is 2.72. The lowest BCUT2D eigenvalue weighted by atomic mass is 9.98. The maximum absolute atomic E-state index is 11.3. The van der Waals surface area contributed by atoms with Crippen LogP contribution in [-0.2, 0) is 15.4 Å². The van der Waals surface area contributed by atoms with E-state index in [4.69, 9.17) is 23.8 Å². The first-order valence-corrected chi connectivity index (χ1v) is 8.67. The quantitative estimate of drug-likeness (QED) is 0.314. The molecule has 1 atom stereocenters. The third-order valence-electron chi connectivity index (χ3n) is 4.31. The second-order valence-corrected chi connectivity index (χ2v) is 6.32. The standard InChI is InChI=1S/C20H21NO9/c1-10(22)21-30-20(25)9-18(29-15-8-14(24)13(23)7-12(15)20)11-5-16(26-2)19(28-4)17(6-11)27-3/h5-9,23-25H,1-4H3,(H,21,22). The van der Waals surface area contributed by atoms with Crippen LogP contribution in [0.25, 0.3) is 5.76 Å². The van der Waals surface area contributed by atoms with Gasteiger partial charge in [0.25, 0.3) is 0 Å². The zero-order valence-electron chi connectivity index (χ0n) is 16.7. The lowest BCUT2D eigenvalue weighted by Crippen LogP contribution is -2.38. The summed E-state index contributed by atoms with van der Waals surface area (Å²) >= 11 is 0. The van der Waals surface area contributed by atoms with Crippen molar-refractivity contribution in [1.82, 2.24) is 5.48 Å². The van der Waals surface area contributed by atoms with Gasteiger partial charge >= 0.3 is 0 Å². The van der Waals surface area contributed by atoms with Gasteiger partial charge in [0.15, 0.2) is 23.0 Å². The van der Waals surface area contributed by atoms with Crippen LogP contribution in [0.1, 0.15) is 18.1 Å². The fourth-order valence-electron chi connectivity index (χ4n) is 2.93. The molecule has 30 heavy (non-hydrogen) atoms. The van der Waals surface area contributed by atoms with Crippen molar-refractivity contribution in [3.05, 3.63) is 41.5 Å². The van der Waals surface area contributed by atoms with Gasteiger partial charge in [0, 0.05) is 24.6 Å². The minimum Gasteiger partial charge on any atom is -0.504 e. The Morgan fingerprint density at radius 2 is 1.60 bits per heavy atom. The number of aliphatic hydroxyl groups is 1. The summed E-state index contributed by atoms with van der Waals surface area (Å²) in [6.45, 7) is 1.20. The Labute approximate surface area is 171 Å². The summed E-state index contributed by atoms with van der Waals surface area (Å²) < 4.78 is 21.8. The van der Waals surface area contributed by atoms with Crippen molar-refractivity contribution in [1.29, 1.82) is 0 Å². The lowest BCUT2D eigenvalue weighted by molar-refractivity contribution is -0.217. The van der Waals surface area contributed by atoms with E-state index in [9.17, 15) is 20.1 Å². The van der Waals surface area contributed by atoms with Crippen LogP contribution >= 0.6 is 0 Å². The van der Waals surface area contributed by atoms with Crippen molar-refractivity contribution in [2.24, 2.45) is 0 Å². The molecule has 0 saturated carbocycles. The predicted octanol–water partition coefficient (Wildman–Crippen LogP) is 1.77. The first-order valence-electron chi connectivity index (χ1n) is 8.67. The lowest BCUT2D eigenvalue weighted by Gasteiger charge is -2.32. The molecule has 0 aromatic heterocycles. The molecule has 3 rings (SSSR count). The van der Waals surface area contributed by atoms with E-state index in [2.05, 4.69) is 5.48 Å². The number of fused-ring (bicyclic) bond motifs is 1. The first-order chi connectivity index (χ1) is 14.2. The van der Waals surface area contributed by atoms with Crippen molar-refractivity contribution in [2.45, 2.75) is 12.7 Å². The van der Waals surface area contributed by atoms with Crippen LogP contribution in [0.15, 0.2) is 30.3 Å². The molecule has 1 unspecified atom stereocenters. The highest BCUT2D eigenvalue weighted by molar-refractivity contribution is 5.73. The first kappa shape index (κ1) is 21.1. The minimum atomic E-state index is -2.22. The van der Waals surface area contributed by atoms with Crippen LogP contribution in [0.4, 0.5) is 0 Å². The molecule has 2 aromatic carbocycles. The second-order valence-electron chi connectivity index (χ2n) is 6.32. The molecular formula is C20H21NO9. The van der Waals surface area contributed by atoms with Crippen molar-refractivity contribution < 1.29 is 43.9 Å². The molecule has 0 fully saturated rings. The molecule has 10 heteroatoms. The van der Waals surface area contributed by atoms with E-state index < -0.39 is 23.2 Å². The molecule has 1 aliphatic rings. The van der Waals surface area contributed by atoms with Crippen LogP contribution in [0, 0.1) is 0 Å². The third-order valence-corrected chi connectivity index (χ3v) is 4.31. The van der Waals surface area contributed by atoms with E-state index in [1.165, 1.54) is 34.3 Å². The summed E-state index contributed by atoms with van der Waals surface area (Å²) in [6, 6.07) is 5.33. The van der Waals surface area contributed by atoms with E-state index in [-0.39, 0.29) is 17.1 Å². The molecule has 0 spiro atoms. The van der Waals surface area contributed by atoms with Crippen molar-refractivity contribution >= 4 is 11.7 Å². The zero-order chi connectivity index (χ0) is 22.1. The molecule has 2 aromatic rings. The van der Waals surface area contributed by atoms with E-state index in [0.29, 0.717) is 22.8 Å². The molecule has 0 radical (unpaired) electrons. The Morgan fingerprint density at radius 3 is 2.13 bits per heavy atom. The number of hydrogen-bond acceptors (Lipinski definition) is 9. The number of nitrogens with one attached hydrogen (secondary N) is 1. The van der Waals surface area contributed by atoms with Gasteiger partial charge in [-0.15, -0.1) is 0 Å². The number of aromatic hydroxyl groups is 2. The van der Waals surface area contributed by atoms with Crippen molar-refractivity contribution in [3.63, 3.8) is 0 Å². The third kappa shape index (κ3) is 3.78. The number of hydroxylamine groups is 1. The summed E-state index contributed by atoms with van der Waals surface area (Å²) in [5.74, 6) is -2.66. The molecule has 1 aliphatic heterocycles. The zero-order valence-corrected chi connectivity index (χ0v) is 16.7. The Kier molecular flexibility index (Phi) is 5.63. The topological polar surface area (TPSA) is 136 Å². The van der Waals surface area contributed by atoms with Crippen LogP contribution in [0.2, 0.25) is 0 Å². The number of rotatable bonds is 6. The maximum atomic E-state index is 11.3. The summed E-state index contributed by atoms with van der Waals surface area (Å²) in [6.07, 6.45) is 1.18. The Hall–Kier alpha value is -3.63. The highest BCUT2D eigenvalue weighted by atomic mass is 16.7. The van der Waals surface area contributed by atoms with Gasteiger partial charge in [0.2, 0.25) is 17.4 Å². The Bertz CT molecular complexity index is 993. The highest BCUT2D eigenvalue weighted by Crippen LogP contribution is 2.47. The highest BCUT2D eigenvalue weighted by Gasteiger charge is 2.39. The van der Waals surface area contributed by atoms with Crippen molar-refractivity contribution in [3.8, 4) is 34.5 Å². The smallest absolute Gasteiger partial charge is 0.244 e. The van der Waals surface area contributed by atoms with E-state index in [1.807, 2.05) is 0 Å². The Morgan fingerprint density at radius 1 is 1.00 bits per heavy atom. The normalized spacial score (nSPS) is 17.3. The molecule has 4 N–H and O–H groups in total. The van der Waals surface area contributed by atoms with Gasteiger partial charge in [0.1, 0.15) is 11.5 Å². The molecule has 0 aliphatic carbocycles. The summed E-state index contributed by atoms with van der Waals surface area (Å²) in [5, 5.41) is 30.8. The molecule has 160 valence electrons. The number of benzene rings is 2. The molecular weight excluding hydrogens is 398 g/mol.